The van der Waals surface area contributed by atoms with Crippen LogP contribution in [0.25, 0.3) is 0 Å². The van der Waals surface area contributed by atoms with E-state index in [4.69, 9.17) is 4.74 Å². The second-order valence-electron chi connectivity index (χ2n) is 6.39. The molecule has 0 radical (unpaired) electrons. The zero-order chi connectivity index (χ0) is 17.2. The molecular formula is C18H21NO5. The molecule has 2 amide bonds. The van der Waals surface area contributed by atoms with Gasteiger partial charge in [0.2, 0.25) is 0 Å². The molecule has 0 aromatic heterocycles. The molecule has 3 rings (SSSR count). The lowest BCUT2D eigenvalue weighted by Crippen LogP contribution is -2.42. The molecule has 2 aliphatic rings. The van der Waals surface area contributed by atoms with E-state index in [1.807, 2.05) is 0 Å². The zero-order valence-corrected chi connectivity index (χ0v) is 13.5. The first-order chi connectivity index (χ1) is 11.5. The summed E-state index contributed by atoms with van der Waals surface area (Å²) in [6.07, 6.45) is 3.89. The van der Waals surface area contributed by atoms with Crippen molar-refractivity contribution in [1.82, 2.24) is 4.90 Å². The van der Waals surface area contributed by atoms with E-state index < -0.39 is 11.6 Å². The predicted molar refractivity (Wildman–Crippen MR) is 85.4 cm³/mol. The third kappa shape index (κ3) is 3.06. The van der Waals surface area contributed by atoms with Crippen molar-refractivity contribution in [2.24, 2.45) is 0 Å². The Morgan fingerprint density at radius 1 is 1.08 bits per heavy atom. The summed E-state index contributed by atoms with van der Waals surface area (Å²) in [7, 11) is 0. The summed E-state index contributed by atoms with van der Waals surface area (Å²) in [6, 6.07) is 6.71. The van der Waals surface area contributed by atoms with Crippen molar-refractivity contribution in [2.45, 2.75) is 44.1 Å². The number of fused-ring (bicyclic) bond motifs is 1. The van der Waals surface area contributed by atoms with E-state index in [1.54, 1.807) is 24.3 Å². The van der Waals surface area contributed by atoms with Crippen molar-refractivity contribution < 1.29 is 24.2 Å². The Balaban J connectivity index is 1.48. The maximum absolute atomic E-state index is 12.2. The molecule has 128 valence electrons. The van der Waals surface area contributed by atoms with Crippen LogP contribution in [0.1, 0.15) is 59.2 Å². The normalized spacial score (nSPS) is 19.3. The van der Waals surface area contributed by atoms with Crippen LogP contribution in [0.2, 0.25) is 0 Å². The first-order valence-electron chi connectivity index (χ1n) is 8.38. The summed E-state index contributed by atoms with van der Waals surface area (Å²) in [6.45, 7) is 0.270. The second kappa shape index (κ2) is 6.73. The number of carbonyl (C=O) groups excluding carboxylic acids is 3. The van der Waals surface area contributed by atoms with Gasteiger partial charge in [0, 0.05) is 6.54 Å². The highest BCUT2D eigenvalue weighted by Gasteiger charge is 2.39. The fourth-order valence-electron chi connectivity index (χ4n) is 3.30. The minimum Gasteiger partial charge on any atom is -0.463 e. The van der Waals surface area contributed by atoms with Crippen LogP contribution in [0.4, 0.5) is 0 Å². The van der Waals surface area contributed by atoms with Crippen molar-refractivity contribution in [1.29, 1.82) is 0 Å². The molecule has 0 spiro atoms. The predicted octanol–water partition coefficient (Wildman–Crippen LogP) is 1.91. The second-order valence-corrected chi connectivity index (χ2v) is 6.39. The van der Waals surface area contributed by atoms with Crippen molar-refractivity contribution in [2.75, 3.05) is 13.2 Å². The molecule has 0 saturated heterocycles. The van der Waals surface area contributed by atoms with Gasteiger partial charge < -0.3 is 9.84 Å². The Morgan fingerprint density at radius 2 is 1.67 bits per heavy atom. The maximum Gasteiger partial charge on any atom is 0.338 e. The molecule has 0 atom stereocenters. The van der Waals surface area contributed by atoms with Crippen LogP contribution in [-0.4, -0.2) is 46.5 Å². The number of esters is 1. The average Bonchev–Trinajstić information content (AvgIpc) is 2.84. The fraction of sp³-hybridized carbons (Fsp3) is 0.500. The molecule has 1 heterocycles. The molecule has 1 aromatic rings. The number of rotatable bonds is 5. The quantitative estimate of drug-likeness (QED) is 0.506. The van der Waals surface area contributed by atoms with E-state index in [-0.39, 0.29) is 25.0 Å². The Bertz CT molecular complexity index is 628. The van der Waals surface area contributed by atoms with Crippen LogP contribution in [0.5, 0.6) is 0 Å². The van der Waals surface area contributed by atoms with Crippen LogP contribution in [0.3, 0.4) is 0 Å². The molecule has 6 heteroatoms. The van der Waals surface area contributed by atoms with Crippen LogP contribution in [0.15, 0.2) is 24.3 Å². The standard InChI is InChI=1S/C18H21NO5/c20-15-13-7-2-3-8-14(13)16(21)19(15)11-6-12-24-17(22)18(23)9-4-1-5-10-18/h2-3,7-8,23H,1,4-6,9-12H2. The van der Waals surface area contributed by atoms with Crippen LogP contribution < -0.4 is 0 Å². The first-order valence-corrected chi connectivity index (χ1v) is 8.38. The third-order valence-corrected chi connectivity index (χ3v) is 4.70. The molecule has 1 saturated carbocycles. The van der Waals surface area contributed by atoms with Gasteiger partial charge in [-0.3, -0.25) is 14.5 Å². The largest absolute Gasteiger partial charge is 0.463 e. The van der Waals surface area contributed by atoms with Gasteiger partial charge in [0.25, 0.3) is 11.8 Å². The summed E-state index contributed by atoms with van der Waals surface area (Å²) in [4.78, 5) is 37.6. The highest BCUT2D eigenvalue weighted by atomic mass is 16.5. The number of hydrogen-bond donors (Lipinski definition) is 1. The zero-order valence-electron chi connectivity index (χ0n) is 13.5. The Hall–Kier alpha value is -2.21. The fourth-order valence-corrected chi connectivity index (χ4v) is 3.30. The Labute approximate surface area is 140 Å². The van der Waals surface area contributed by atoms with Gasteiger partial charge in [-0.05, 0) is 44.2 Å². The van der Waals surface area contributed by atoms with Crippen LogP contribution in [-0.2, 0) is 9.53 Å². The molecule has 0 unspecified atom stereocenters. The van der Waals surface area contributed by atoms with Gasteiger partial charge in [-0.1, -0.05) is 18.6 Å². The summed E-state index contributed by atoms with van der Waals surface area (Å²) < 4.78 is 5.15. The molecule has 1 aliphatic carbocycles. The van der Waals surface area contributed by atoms with Crippen LogP contribution >= 0.6 is 0 Å². The number of hydrogen-bond acceptors (Lipinski definition) is 5. The van der Waals surface area contributed by atoms with Crippen molar-refractivity contribution in [3.8, 4) is 0 Å². The first kappa shape index (κ1) is 16.6. The molecule has 1 fully saturated rings. The molecule has 1 aromatic carbocycles. The monoisotopic (exact) mass is 331 g/mol. The number of nitrogens with zero attached hydrogens (tertiary/aromatic N) is 1. The van der Waals surface area contributed by atoms with E-state index in [0.717, 1.165) is 19.3 Å². The molecule has 1 N–H and O–H groups in total. The SMILES string of the molecule is O=C1c2ccccc2C(=O)N1CCCOC(=O)C1(O)CCCCC1. The molecule has 6 nitrogen and oxygen atoms in total. The van der Waals surface area contributed by atoms with Gasteiger partial charge in [0.15, 0.2) is 5.60 Å². The minimum atomic E-state index is -1.37. The minimum absolute atomic E-state index is 0.0779. The average molecular weight is 331 g/mol. The molecule has 24 heavy (non-hydrogen) atoms. The van der Waals surface area contributed by atoms with E-state index in [2.05, 4.69) is 0 Å². The van der Waals surface area contributed by atoms with E-state index in [0.29, 0.717) is 30.4 Å². The van der Waals surface area contributed by atoms with Gasteiger partial charge in [0.1, 0.15) is 0 Å². The van der Waals surface area contributed by atoms with Gasteiger partial charge >= 0.3 is 5.97 Å². The topological polar surface area (TPSA) is 83.9 Å². The number of ether oxygens (including phenoxy) is 1. The molecule has 0 bridgehead atoms. The summed E-state index contributed by atoms with van der Waals surface area (Å²) in [5.74, 6) is -1.22. The summed E-state index contributed by atoms with van der Waals surface area (Å²) >= 11 is 0. The number of amides is 2. The lowest BCUT2D eigenvalue weighted by molar-refractivity contribution is -0.169. The number of imide groups is 1. The van der Waals surface area contributed by atoms with E-state index in [1.165, 1.54) is 4.90 Å². The van der Waals surface area contributed by atoms with Gasteiger partial charge in [-0.2, -0.15) is 0 Å². The van der Waals surface area contributed by atoms with Gasteiger partial charge in [-0.25, -0.2) is 4.79 Å². The van der Waals surface area contributed by atoms with E-state index >= 15 is 0 Å². The summed E-state index contributed by atoms with van der Waals surface area (Å²) in [5, 5.41) is 10.3. The van der Waals surface area contributed by atoms with Gasteiger partial charge in [0.05, 0.1) is 17.7 Å². The van der Waals surface area contributed by atoms with Crippen molar-refractivity contribution in [3.05, 3.63) is 35.4 Å². The molecule has 1 aliphatic heterocycles. The highest BCUT2D eigenvalue weighted by molar-refractivity contribution is 6.21. The lowest BCUT2D eigenvalue weighted by atomic mass is 9.85. The summed E-state index contributed by atoms with van der Waals surface area (Å²) in [5.41, 5.74) is -0.541. The smallest absolute Gasteiger partial charge is 0.338 e. The van der Waals surface area contributed by atoms with Crippen LogP contribution in [0, 0.1) is 0 Å². The number of carbonyl (C=O) groups is 3. The molecular weight excluding hydrogens is 310 g/mol. The number of benzene rings is 1. The Morgan fingerprint density at radius 3 is 2.25 bits per heavy atom. The Kier molecular flexibility index (Phi) is 4.66. The van der Waals surface area contributed by atoms with Crippen molar-refractivity contribution >= 4 is 17.8 Å². The number of aliphatic hydroxyl groups is 1. The third-order valence-electron chi connectivity index (χ3n) is 4.70. The van der Waals surface area contributed by atoms with Gasteiger partial charge in [-0.15, -0.1) is 0 Å². The van der Waals surface area contributed by atoms with Crippen molar-refractivity contribution in [3.63, 3.8) is 0 Å². The highest BCUT2D eigenvalue weighted by Crippen LogP contribution is 2.29. The lowest BCUT2D eigenvalue weighted by Gasteiger charge is -2.29. The van der Waals surface area contributed by atoms with E-state index in [9.17, 15) is 19.5 Å². The maximum atomic E-state index is 12.2.